The van der Waals surface area contributed by atoms with Crippen molar-refractivity contribution in [3.8, 4) is 0 Å². The number of piperidine rings is 1. The Balaban J connectivity index is 1.23. The number of nitrogens with zero attached hydrogens (tertiary/aromatic N) is 1. The molecule has 5 nitrogen and oxygen atoms in total. The predicted molar refractivity (Wildman–Crippen MR) is 136 cm³/mol. The first-order chi connectivity index (χ1) is 15.9. The van der Waals surface area contributed by atoms with Crippen LogP contribution in [0, 0.1) is 12.8 Å². The van der Waals surface area contributed by atoms with E-state index in [-0.39, 0.29) is 11.8 Å². The van der Waals surface area contributed by atoms with E-state index < -0.39 is 10.0 Å². The Kier molecular flexibility index (Phi) is 7.73. The van der Waals surface area contributed by atoms with Crippen molar-refractivity contribution in [1.82, 2.24) is 9.62 Å². The van der Waals surface area contributed by atoms with Crippen LogP contribution in [-0.2, 0) is 20.6 Å². The second-order valence-corrected chi connectivity index (χ2v) is 11.6. The van der Waals surface area contributed by atoms with Gasteiger partial charge < -0.3 is 5.32 Å². The number of aryl methyl sites for hydroxylation is 1. The molecule has 1 N–H and O–H groups in total. The summed E-state index contributed by atoms with van der Waals surface area (Å²) >= 11 is 1.80. The maximum Gasteiger partial charge on any atom is 0.243 e. The molecule has 0 bridgehead atoms. The number of fused-ring (bicyclic) bond motifs is 1. The number of benzene rings is 3. The SMILES string of the molecule is Cc1ccc(CSCCNC(=O)C2CCN(S(=O)(=O)c3ccc4ccccc4c3)CC2)cc1. The van der Waals surface area contributed by atoms with Crippen molar-refractivity contribution in [3.05, 3.63) is 77.9 Å². The van der Waals surface area contributed by atoms with Crippen molar-refractivity contribution in [2.45, 2.75) is 30.4 Å². The molecule has 4 rings (SSSR count). The maximum atomic E-state index is 13.1. The lowest BCUT2D eigenvalue weighted by Gasteiger charge is -2.30. The fraction of sp³-hybridized carbons (Fsp3) is 0.346. The summed E-state index contributed by atoms with van der Waals surface area (Å²) in [5.41, 5.74) is 2.55. The van der Waals surface area contributed by atoms with Crippen molar-refractivity contribution in [2.24, 2.45) is 5.92 Å². The summed E-state index contributed by atoms with van der Waals surface area (Å²) in [6.45, 7) is 3.45. The molecule has 1 heterocycles. The van der Waals surface area contributed by atoms with E-state index in [0.717, 1.165) is 22.3 Å². The first-order valence-electron chi connectivity index (χ1n) is 11.3. The van der Waals surface area contributed by atoms with Crippen LogP contribution >= 0.6 is 11.8 Å². The van der Waals surface area contributed by atoms with Gasteiger partial charge in [0.05, 0.1) is 4.90 Å². The lowest BCUT2D eigenvalue weighted by molar-refractivity contribution is -0.125. The van der Waals surface area contributed by atoms with Crippen LogP contribution in [0.5, 0.6) is 0 Å². The second-order valence-electron chi connectivity index (χ2n) is 8.52. The molecular formula is C26H30N2O3S2. The molecule has 1 saturated heterocycles. The van der Waals surface area contributed by atoms with Crippen LogP contribution in [0.4, 0.5) is 0 Å². The van der Waals surface area contributed by atoms with Crippen molar-refractivity contribution in [3.63, 3.8) is 0 Å². The zero-order valence-electron chi connectivity index (χ0n) is 18.9. The summed E-state index contributed by atoms with van der Waals surface area (Å²) in [5.74, 6) is 1.69. The van der Waals surface area contributed by atoms with Gasteiger partial charge in [-0.05, 0) is 48.2 Å². The number of nitrogens with one attached hydrogen (secondary N) is 1. The minimum Gasteiger partial charge on any atom is -0.355 e. The number of hydrogen-bond acceptors (Lipinski definition) is 4. The molecule has 3 aromatic carbocycles. The highest BCUT2D eigenvalue weighted by Gasteiger charge is 2.32. The first kappa shape index (κ1) is 23.8. The summed E-state index contributed by atoms with van der Waals surface area (Å²) in [7, 11) is -3.56. The van der Waals surface area contributed by atoms with Crippen molar-refractivity contribution >= 4 is 38.5 Å². The van der Waals surface area contributed by atoms with E-state index in [4.69, 9.17) is 0 Å². The van der Waals surface area contributed by atoms with E-state index in [1.54, 1.807) is 23.9 Å². The van der Waals surface area contributed by atoms with Gasteiger partial charge in [-0.1, -0.05) is 60.2 Å². The molecule has 0 saturated carbocycles. The van der Waals surface area contributed by atoms with Crippen LogP contribution in [0.25, 0.3) is 10.8 Å². The van der Waals surface area contributed by atoms with Gasteiger partial charge in [-0.15, -0.1) is 0 Å². The molecule has 0 unspecified atom stereocenters. The van der Waals surface area contributed by atoms with Gasteiger partial charge in [0, 0.05) is 37.1 Å². The minimum atomic E-state index is -3.56. The summed E-state index contributed by atoms with van der Waals surface area (Å²) < 4.78 is 27.7. The summed E-state index contributed by atoms with van der Waals surface area (Å²) in [6, 6.07) is 21.5. The van der Waals surface area contributed by atoms with Gasteiger partial charge in [-0.3, -0.25) is 4.79 Å². The number of carbonyl (C=O) groups excluding carboxylic acids is 1. The van der Waals surface area contributed by atoms with Gasteiger partial charge in [0.2, 0.25) is 15.9 Å². The molecule has 1 aliphatic rings. The molecule has 0 spiro atoms. The lowest BCUT2D eigenvalue weighted by Crippen LogP contribution is -2.43. The van der Waals surface area contributed by atoms with Gasteiger partial charge in [-0.25, -0.2) is 8.42 Å². The highest BCUT2D eigenvalue weighted by molar-refractivity contribution is 7.98. The van der Waals surface area contributed by atoms with Crippen molar-refractivity contribution in [2.75, 3.05) is 25.4 Å². The molecule has 1 fully saturated rings. The number of hydrogen-bond donors (Lipinski definition) is 1. The molecule has 7 heteroatoms. The van der Waals surface area contributed by atoms with Crippen LogP contribution in [0.15, 0.2) is 71.6 Å². The van der Waals surface area contributed by atoms with Crippen LogP contribution in [-0.4, -0.2) is 44.0 Å². The number of carbonyl (C=O) groups is 1. The smallest absolute Gasteiger partial charge is 0.243 e. The Morgan fingerprint density at radius 3 is 2.42 bits per heavy atom. The molecule has 0 radical (unpaired) electrons. The van der Waals surface area contributed by atoms with Gasteiger partial charge in [0.15, 0.2) is 0 Å². The molecule has 3 aromatic rings. The van der Waals surface area contributed by atoms with Crippen LogP contribution in [0.2, 0.25) is 0 Å². The third-order valence-electron chi connectivity index (χ3n) is 6.12. The molecule has 1 aliphatic heterocycles. The summed E-state index contributed by atoms with van der Waals surface area (Å²) in [5, 5.41) is 4.95. The van der Waals surface area contributed by atoms with Crippen molar-refractivity contribution < 1.29 is 13.2 Å². The quantitative estimate of drug-likeness (QED) is 0.477. The Bertz CT molecular complexity index is 1200. The Morgan fingerprint density at radius 1 is 1.00 bits per heavy atom. The van der Waals surface area contributed by atoms with Crippen LogP contribution in [0.3, 0.4) is 0 Å². The van der Waals surface area contributed by atoms with Crippen molar-refractivity contribution in [1.29, 1.82) is 0 Å². The highest BCUT2D eigenvalue weighted by Crippen LogP contribution is 2.26. The van der Waals surface area contributed by atoms with E-state index in [1.807, 2.05) is 30.3 Å². The Labute approximate surface area is 200 Å². The fourth-order valence-corrected chi connectivity index (χ4v) is 6.42. The van der Waals surface area contributed by atoms with E-state index in [1.165, 1.54) is 15.4 Å². The summed E-state index contributed by atoms with van der Waals surface area (Å²) in [4.78, 5) is 12.9. The van der Waals surface area contributed by atoms with E-state index in [9.17, 15) is 13.2 Å². The second kappa shape index (κ2) is 10.7. The number of sulfonamides is 1. The van der Waals surface area contributed by atoms with Gasteiger partial charge >= 0.3 is 0 Å². The zero-order valence-corrected chi connectivity index (χ0v) is 20.5. The summed E-state index contributed by atoms with van der Waals surface area (Å²) in [6.07, 6.45) is 1.10. The molecule has 0 atom stereocenters. The topological polar surface area (TPSA) is 66.5 Å². The van der Waals surface area contributed by atoms with Crippen LogP contribution in [0.1, 0.15) is 24.0 Å². The number of rotatable bonds is 8. The highest BCUT2D eigenvalue weighted by atomic mass is 32.2. The van der Waals surface area contributed by atoms with E-state index in [0.29, 0.717) is 37.4 Å². The van der Waals surface area contributed by atoms with Crippen LogP contribution < -0.4 is 5.32 Å². The largest absolute Gasteiger partial charge is 0.355 e. The maximum absolute atomic E-state index is 13.1. The average molecular weight is 483 g/mol. The van der Waals surface area contributed by atoms with Gasteiger partial charge in [-0.2, -0.15) is 16.1 Å². The third kappa shape index (κ3) is 5.96. The van der Waals surface area contributed by atoms with Gasteiger partial charge in [0.25, 0.3) is 0 Å². The van der Waals surface area contributed by atoms with E-state index in [2.05, 4.69) is 36.5 Å². The lowest BCUT2D eigenvalue weighted by atomic mass is 9.97. The zero-order chi connectivity index (χ0) is 23.3. The molecule has 0 aromatic heterocycles. The molecule has 33 heavy (non-hydrogen) atoms. The fourth-order valence-electron chi connectivity index (χ4n) is 4.10. The molecule has 0 aliphatic carbocycles. The number of thioether (sulfide) groups is 1. The molecular weight excluding hydrogens is 452 g/mol. The minimum absolute atomic E-state index is 0.0358. The van der Waals surface area contributed by atoms with Gasteiger partial charge in [0.1, 0.15) is 0 Å². The molecule has 174 valence electrons. The standard InChI is InChI=1S/C26H30N2O3S2/c1-20-6-8-21(9-7-20)19-32-17-14-27-26(29)23-12-15-28(16-13-23)33(30,31)25-11-10-22-4-2-3-5-24(22)18-25/h2-11,18,23H,12-17,19H2,1H3,(H,27,29). The predicted octanol–water partition coefficient (Wildman–Crippen LogP) is 4.60. The Morgan fingerprint density at radius 2 is 1.70 bits per heavy atom. The monoisotopic (exact) mass is 482 g/mol. The Hall–Kier alpha value is -2.35. The number of amides is 1. The van der Waals surface area contributed by atoms with E-state index >= 15 is 0 Å². The first-order valence-corrected chi connectivity index (χ1v) is 13.9. The normalized spacial score (nSPS) is 15.5. The average Bonchev–Trinajstić information content (AvgIpc) is 2.84. The third-order valence-corrected chi connectivity index (χ3v) is 9.04. The molecule has 1 amide bonds.